The van der Waals surface area contributed by atoms with Crippen LogP contribution in [0.3, 0.4) is 0 Å². The molecule has 11 rings (SSSR count). The van der Waals surface area contributed by atoms with Gasteiger partial charge in [-0.05, 0) is 108 Å². The van der Waals surface area contributed by atoms with E-state index in [1.165, 1.54) is 43.7 Å². The van der Waals surface area contributed by atoms with Crippen LogP contribution in [0.1, 0.15) is 0 Å². The Morgan fingerprint density at radius 1 is 0.310 bits per heavy atom. The first-order valence-electron chi connectivity index (χ1n) is 19.2. The van der Waals surface area contributed by atoms with E-state index in [4.69, 9.17) is 9.97 Å². The molecule has 0 fully saturated rings. The number of halogens is 2. The van der Waals surface area contributed by atoms with E-state index in [0.29, 0.717) is 5.82 Å². The molecule has 0 spiro atoms. The van der Waals surface area contributed by atoms with E-state index >= 15 is 0 Å². The molecule has 3 heterocycles. The van der Waals surface area contributed by atoms with Crippen molar-refractivity contribution < 1.29 is 0 Å². The van der Waals surface area contributed by atoms with E-state index in [0.717, 1.165) is 59.4 Å². The van der Waals surface area contributed by atoms with Crippen LogP contribution in [0.15, 0.2) is 203 Å². The second-order valence-electron chi connectivity index (χ2n) is 14.5. The molecule has 11 aromatic rings. The minimum Gasteiger partial charge on any atom is -0.309 e. The SMILES string of the molecule is Brc1ccc(-c2cc(-c3ccc(Br)cc3)nc(-c3ccc(-n4c5ccccc5c5ccc(-c6ccc7c(c6)c6ccccc6n7-c6ccccc6)cc54)cc3)n2)cc1. The first-order chi connectivity index (χ1) is 28.6. The van der Waals surface area contributed by atoms with Crippen molar-refractivity contribution in [2.24, 2.45) is 0 Å². The molecule has 274 valence electrons. The zero-order valence-electron chi connectivity index (χ0n) is 31.0. The number of nitrogens with zero attached hydrogens (tertiary/aromatic N) is 4. The molecule has 0 atom stereocenters. The first-order valence-corrected chi connectivity index (χ1v) is 20.8. The molecule has 0 aliphatic carbocycles. The zero-order valence-corrected chi connectivity index (χ0v) is 34.2. The lowest BCUT2D eigenvalue weighted by molar-refractivity contribution is 1.16. The molecule has 0 saturated carbocycles. The van der Waals surface area contributed by atoms with Crippen LogP contribution in [0.2, 0.25) is 0 Å². The number of aromatic nitrogens is 4. The van der Waals surface area contributed by atoms with E-state index < -0.39 is 0 Å². The number of benzene rings is 8. The standard InChI is InChI=1S/C52H32Br2N4/c53-38-22-14-33(15-23-38)46-32-47(34-16-24-39(54)25-17-34)56-52(55-46)35-18-26-41(27-19-35)58-48-12-6-4-10-42(48)44-28-20-37(31-51(44)58)36-21-29-50-45(30-36)43-11-5-7-13-49(43)57(50)40-8-2-1-3-9-40/h1-32H. The minimum atomic E-state index is 0.679. The fraction of sp³-hybridized carbons (Fsp3) is 0. The minimum absolute atomic E-state index is 0.679. The Kier molecular flexibility index (Phi) is 8.42. The van der Waals surface area contributed by atoms with Crippen LogP contribution in [-0.2, 0) is 0 Å². The Bertz CT molecular complexity index is 3270. The van der Waals surface area contributed by atoms with Crippen molar-refractivity contribution >= 4 is 75.5 Å². The number of fused-ring (bicyclic) bond motifs is 6. The van der Waals surface area contributed by atoms with Gasteiger partial charge in [0.2, 0.25) is 0 Å². The van der Waals surface area contributed by atoms with E-state index in [-0.39, 0.29) is 0 Å². The summed E-state index contributed by atoms with van der Waals surface area (Å²) in [6.07, 6.45) is 0. The molecule has 3 aromatic heterocycles. The van der Waals surface area contributed by atoms with Gasteiger partial charge in [0.1, 0.15) is 0 Å². The number of para-hydroxylation sites is 3. The number of rotatable bonds is 6. The summed E-state index contributed by atoms with van der Waals surface area (Å²) in [4.78, 5) is 10.2. The highest BCUT2D eigenvalue weighted by Gasteiger charge is 2.17. The van der Waals surface area contributed by atoms with Gasteiger partial charge in [-0.15, -0.1) is 0 Å². The summed E-state index contributed by atoms with van der Waals surface area (Å²) < 4.78 is 6.80. The monoisotopic (exact) mass is 870 g/mol. The summed E-state index contributed by atoms with van der Waals surface area (Å²) in [5.74, 6) is 0.679. The smallest absolute Gasteiger partial charge is 0.160 e. The lowest BCUT2D eigenvalue weighted by Gasteiger charge is -2.12. The van der Waals surface area contributed by atoms with E-state index in [9.17, 15) is 0 Å². The molecular weight excluding hydrogens is 840 g/mol. The van der Waals surface area contributed by atoms with Gasteiger partial charge in [0, 0.05) is 58.6 Å². The molecule has 0 aliphatic heterocycles. The third-order valence-electron chi connectivity index (χ3n) is 11.1. The van der Waals surface area contributed by atoms with Gasteiger partial charge in [-0.1, -0.05) is 129 Å². The van der Waals surface area contributed by atoms with Gasteiger partial charge in [-0.25, -0.2) is 9.97 Å². The predicted octanol–water partition coefficient (Wildman–Crippen LogP) is 14.9. The Balaban J connectivity index is 1.03. The average molecular weight is 873 g/mol. The molecule has 0 saturated heterocycles. The van der Waals surface area contributed by atoms with E-state index in [1.807, 2.05) is 24.3 Å². The van der Waals surface area contributed by atoms with Crippen molar-refractivity contribution in [2.45, 2.75) is 0 Å². The van der Waals surface area contributed by atoms with Crippen molar-refractivity contribution in [3.05, 3.63) is 203 Å². The lowest BCUT2D eigenvalue weighted by Crippen LogP contribution is -1.97. The number of hydrogen-bond acceptors (Lipinski definition) is 2. The normalized spacial score (nSPS) is 11.6. The van der Waals surface area contributed by atoms with Crippen LogP contribution in [0.4, 0.5) is 0 Å². The van der Waals surface area contributed by atoms with Gasteiger partial charge in [0.25, 0.3) is 0 Å². The van der Waals surface area contributed by atoms with Gasteiger partial charge >= 0.3 is 0 Å². The predicted molar refractivity (Wildman–Crippen MR) is 248 cm³/mol. The molecule has 0 amide bonds. The second kappa shape index (κ2) is 14.1. The molecule has 4 nitrogen and oxygen atoms in total. The Hall–Kier alpha value is -6.60. The summed E-state index contributed by atoms with van der Waals surface area (Å²) in [6.45, 7) is 0. The third kappa shape index (κ3) is 5.96. The van der Waals surface area contributed by atoms with Gasteiger partial charge in [0.15, 0.2) is 5.82 Å². The quantitative estimate of drug-likeness (QED) is 0.167. The van der Waals surface area contributed by atoms with Crippen LogP contribution in [0.5, 0.6) is 0 Å². The van der Waals surface area contributed by atoms with Gasteiger partial charge in [0.05, 0.1) is 33.5 Å². The molecule has 0 N–H and O–H groups in total. The lowest BCUT2D eigenvalue weighted by atomic mass is 10.0. The fourth-order valence-corrected chi connectivity index (χ4v) is 8.84. The van der Waals surface area contributed by atoms with E-state index in [1.54, 1.807) is 0 Å². The third-order valence-corrected chi connectivity index (χ3v) is 12.1. The molecular formula is C52H32Br2N4. The van der Waals surface area contributed by atoms with Crippen molar-refractivity contribution in [3.63, 3.8) is 0 Å². The number of hydrogen-bond donors (Lipinski definition) is 0. The van der Waals surface area contributed by atoms with Crippen LogP contribution < -0.4 is 0 Å². The Morgan fingerprint density at radius 2 is 0.759 bits per heavy atom. The van der Waals surface area contributed by atoms with Gasteiger partial charge < -0.3 is 9.13 Å². The van der Waals surface area contributed by atoms with E-state index in [2.05, 4.69) is 211 Å². The first kappa shape index (κ1) is 34.6. The van der Waals surface area contributed by atoms with Crippen LogP contribution >= 0.6 is 31.9 Å². The fourth-order valence-electron chi connectivity index (χ4n) is 8.31. The average Bonchev–Trinajstić information content (AvgIpc) is 3.79. The van der Waals surface area contributed by atoms with Gasteiger partial charge in [-0.3, -0.25) is 0 Å². The molecule has 0 radical (unpaired) electrons. The van der Waals surface area contributed by atoms with Crippen molar-refractivity contribution in [2.75, 3.05) is 0 Å². The van der Waals surface area contributed by atoms with Gasteiger partial charge in [-0.2, -0.15) is 0 Å². The molecule has 0 bridgehead atoms. The molecule has 6 heteroatoms. The van der Waals surface area contributed by atoms with Crippen molar-refractivity contribution in [3.8, 4) is 56.4 Å². The molecule has 0 unspecified atom stereocenters. The summed E-state index contributed by atoms with van der Waals surface area (Å²) >= 11 is 7.16. The maximum atomic E-state index is 5.10. The maximum absolute atomic E-state index is 5.10. The maximum Gasteiger partial charge on any atom is 0.160 e. The molecule has 8 aromatic carbocycles. The second-order valence-corrected chi connectivity index (χ2v) is 16.4. The highest BCUT2D eigenvalue weighted by atomic mass is 79.9. The summed E-state index contributed by atoms with van der Waals surface area (Å²) in [6, 6.07) is 69.0. The zero-order chi connectivity index (χ0) is 38.7. The summed E-state index contributed by atoms with van der Waals surface area (Å²) in [5, 5.41) is 4.92. The Labute approximate surface area is 352 Å². The largest absolute Gasteiger partial charge is 0.309 e. The van der Waals surface area contributed by atoms with Crippen LogP contribution in [-0.4, -0.2) is 19.1 Å². The topological polar surface area (TPSA) is 35.6 Å². The van der Waals surface area contributed by atoms with Crippen molar-refractivity contribution in [1.82, 2.24) is 19.1 Å². The summed E-state index contributed by atoms with van der Waals surface area (Å²) in [7, 11) is 0. The van der Waals surface area contributed by atoms with Crippen LogP contribution in [0, 0.1) is 0 Å². The summed E-state index contributed by atoms with van der Waals surface area (Å²) in [5.41, 5.74) is 14.1. The van der Waals surface area contributed by atoms with Crippen LogP contribution in [0.25, 0.3) is 100 Å². The highest BCUT2D eigenvalue weighted by Crippen LogP contribution is 2.39. The highest BCUT2D eigenvalue weighted by molar-refractivity contribution is 9.10. The Morgan fingerprint density at radius 3 is 1.40 bits per heavy atom. The molecule has 0 aliphatic rings. The van der Waals surface area contributed by atoms with Crippen molar-refractivity contribution in [1.29, 1.82) is 0 Å². The molecule has 58 heavy (non-hydrogen) atoms.